The van der Waals surface area contributed by atoms with Crippen LogP contribution in [0.15, 0.2) is 28.4 Å². The highest BCUT2D eigenvalue weighted by atomic mass is 35.5. The van der Waals surface area contributed by atoms with Crippen molar-refractivity contribution in [2.45, 2.75) is 0 Å². The number of hydrogen-bond acceptors (Lipinski definition) is 4. The molecule has 0 amide bonds. The third-order valence-electron chi connectivity index (χ3n) is 1.56. The summed E-state index contributed by atoms with van der Waals surface area (Å²) in [5.74, 6) is -0.910. The van der Waals surface area contributed by atoms with E-state index >= 15 is 0 Å². The highest BCUT2D eigenvalue weighted by Gasteiger charge is 2.12. The Morgan fingerprint density at radius 1 is 1.47 bits per heavy atom. The maximum absolute atomic E-state index is 12.8. The SMILES string of the molecule is Cl.NC(N)=N/N=C/c1cc(F)ccc1[N+](=O)[O-]. The molecular weight excluding hydrogens is 253 g/mol. The van der Waals surface area contributed by atoms with Gasteiger partial charge >= 0.3 is 0 Å². The van der Waals surface area contributed by atoms with E-state index in [1.54, 1.807) is 0 Å². The van der Waals surface area contributed by atoms with Crippen LogP contribution in [0.2, 0.25) is 0 Å². The van der Waals surface area contributed by atoms with Crippen LogP contribution < -0.4 is 11.5 Å². The molecule has 0 fully saturated rings. The molecule has 1 aromatic rings. The van der Waals surface area contributed by atoms with Crippen molar-refractivity contribution in [3.8, 4) is 0 Å². The predicted molar refractivity (Wildman–Crippen MR) is 63.7 cm³/mol. The van der Waals surface area contributed by atoms with Crippen LogP contribution in [0.25, 0.3) is 0 Å². The molecule has 1 rings (SSSR count). The molecule has 7 nitrogen and oxygen atoms in total. The van der Waals surface area contributed by atoms with E-state index in [4.69, 9.17) is 11.5 Å². The van der Waals surface area contributed by atoms with Crippen molar-refractivity contribution in [3.05, 3.63) is 39.7 Å². The summed E-state index contributed by atoms with van der Waals surface area (Å²) in [6, 6.07) is 2.98. The first kappa shape index (κ1) is 14.8. The molecule has 0 radical (unpaired) electrons. The largest absolute Gasteiger partial charge is 0.369 e. The van der Waals surface area contributed by atoms with Crippen molar-refractivity contribution in [1.82, 2.24) is 0 Å². The van der Waals surface area contributed by atoms with E-state index in [1.165, 1.54) is 0 Å². The minimum atomic E-state index is -0.656. The van der Waals surface area contributed by atoms with Gasteiger partial charge in [0.25, 0.3) is 5.69 Å². The zero-order valence-corrected chi connectivity index (χ0v) is 9.22. The van der Waals surface area contributed by atoms with Crippen molar-refractivity contribution < 1.29 is 9.31 Å². The number of nitrogens with zero attached hydrogens (tertiary/aromatic N) is 3. The van der Waals surface area contributed by atoms with Gasteiger partial charge in [0, 0.05) is 6.07 Å². The Morgan fingerprint density at radius 3 is 2.65 bits per heavy atom. The van der Waals surface area contributed by atoms with Crippen molar-refractivity contribution in [2.24, 2.45) is 21.7 Å². The van der Waals surface area contributed by atoms with Crippen LogP contribution in [-0.2, 0) is 0 Å². The Morgan fingerprint density at radius 2 is 2.12 bits per heavy atom. The first-order chi connectivity index (χ1) is 7.50. The minimum absolute atomic E-state index is 0. The lowest BCUT2D eigenvalue weighted by Crippen LogP contribution is -2.21. The van der Waals surface area contributed by atoms with Crippen LogP contribution in [0.5, 0.6) is 0 Å². The number of nitrogens with two attached hydrogens (primary N) is 2. The number of guanidine groups is 1. The molecular formula is C8H9ClFN5O2. The summed E-state index contributed by atoms with van der Waals surface area (Å²) in [6.07, 6.45) is 1.00. The molecule has 0 aliphatic rings. The van der Waals surface area contributed by atoms with Gasteiger partial charge in [-0.2, -0.15) is 5.10 Å². The van der Waals surface area contributed by atoms with Gasteiger partial charge in [0.1, 0.15) is 5.82 Å². The quantitative estimate of drug-likeness (QED) is 0.361. The second-order valence-electron chi connectivity index (χ2n) is 2.73. The number of nitro groups is 1. The lowest BCUT2D eigenvalue weighted by molar-refractivity contribution is -0.385. The van der Waals surface area contributed by atoms with E-state index in [2.05, 4.69) is 10.2 Å². The lowest BCUT2D eigenvalue weighted by Gasteiger charge is -1.96. The van der Waals surface area contributed by atoms with Gasteiger partial charge in [0.15, 0.2) is 0 Å². The third-order valence-corrected chi connectivity index (χ3v) is 1.56. The zero-order valence-electron chi connectivity index (χ0n) is 8.41. The molecule has 17 heavy (non-hydrogen) atoms. The molecule has 0 heterocycles. The van der Waals surface area contributed by atoms with Crippen molar-refractivity contribution in [3.63, 3.8) is 0 Å². The molecule has 0 atom stereocenters. The molecule has 0 aliphatic carbocycles. The topological polar surface area (TPSA) is 120 Å². The third kappa shape index (κ3) is 4.43. The van der Waals surface area contributed by atoms with E-state index in [-0.39, 0.29) is 29.6 Å². The Balaban J connectivity index is 0.00000256. The summed E-state index contributed by atoms with van der Waals surface area (Å²) in [5.41, 5.74) is 9.68. The molecule has 0 aliphatic heterocycles. The second-order valence-corrected chi connectivity index (χ2v) is 2.73. The van der Waals surface area contributed by atoms with E-state index < -0.39 is 10.7 Å². The molecule has 0 spiro atoms. The van der Waals surface area contributed by atoms with Crippen LogP contribution in [0.4, 0.5) is 10.1 Å². The summed E-state index contributed by atoms with van der Waals surface area (Å²) in [5, 5.41) is 17.2. The minimum Gasteiger partial charge on any atom is -0.369 e. The predicted octanol–water partition coefficient (Wildman–Crippen LogP) is 0.763. The molecule has 0 saturated carbocycles. The van der Waals surface area contributed by atoms with Gasteiger partial charge in [-0.25, -0.2) is 4.39 Å². The molecule has 9 heteroatoms. The Bertz CT molecular complexity index is 473. The summed E-state index contributed by atoms with van der Waals surface area (Å²) in [6.45, 7) is 0. The maximum Gasteiger partial charge on any atom is 0.278 e. The lowest BCUT2D eigenvalue weighted by atomic mass is 10.2. The smallest absolute Gasteiger partial charge is 0.278 e. The van der Waals surface area contributed by atoms with Gasteiger partial charge < -0.3 is 11.5 Å². The fourth-order valence-corrected chi connectivity index (χ4v) is 0.953. The maximum atomic E-state index is 12.8. The summed E-state index contributed by atoms with van der Waals surface area (Å²) >= 11 is 0. The summed E-state index contributed by atoms with van der Waals surface area (Å²) in [4.78, 5) is 9.91. The fourth-order valence-electron chi connectivity index (χ4n) is 0.953. The van der Waals surface area contributed by atoms with E-state index in [0.717, 1.165) is 24.4 Å². The molecule has 4 N–H and O–H groups in total. The van der Waals surface area contributed by atoms with Crippen molar-refractivity contribution in [2.75, 3.05) is 0 Å². The molecule has 0 unspecified atom stereocenters. The van der Waals surface area contributed by atoms with E-state index in [0.29, 0.717) is 0 Å². The van der Waals surface area contributed by atoms with Gasteiger partial charge in [-0.05, 0) is 12.1 Å². The van der Waals surface area contributed by atoms with Gasteiger partial charge in [-0.15, -0.1) is 17.5 Å². The Hall–Kier alpha value is -2.22. The number of hydrogen-bond donors (Lipinski definition) is 2. The number of nitro benzene ring substituents is 1. The van der Waals surface area contributed by atoms with Gasteiger partial charge in [-0.3, -0.25) is 10.1 Å². The first-order valence-corrected chi connectivity index (χ1v) is 4.06. The fraction of sp³-hybridized carbons (Fsp3) is 0. The van der Waals surface area contributed by atoms with Gasteiger partial charge in [-0.1, -0.05) is 0 Å². The van der Waals surface area contributed by atoms with Crippen LogP contribution in [0, 0.1) is 15.9 Å². The van der Waals surface area contributed by atoms with E-state index in [9.17, 15) is 14.5 Å². The summed E-state index contributed by atoms with van der Waals surface area (Å²) < 4.78 is 12.8. The summed E-state index contributed by atoms with van der Waals surface area (Å²) in [7, 11) is 0. The average molecular weight is 262 g/mol. The number of benzene rings is 1. The standard InChI is InChI=1S/C8H8FN5O2.ClH/c9-6-1-2-7(14(15)16)5(3-6)4-12-13-8(10)11;/h1-4H,(H4,10,11,13);1H/b12-4+;. The van der Waals surface area contributed by atoms with Crippen molar-refractivity contribution >= 4 is 30.3 Å². The number of rotatable bonds is 3. The van der Waals surface area contributed by atoms with Crippen molar-refractivity contribution in [1.29, 1.82) is 0 Å². The zero-order chi connectivity index (χ0) is 12.1. The first-order valence-electron chi connectivity index (χ1n) is 4.06. The van der Waals surface area contributed by atoms with Gasteiger partial charge in [0.05, 0.1) is 16.7 Å². The molecule has 0 bridgehead atoms. The van der Waals surface area contributed by atoms with Crippen LogP contribution in [-0.4, -0.2) is 17.1 Å². The van der Waals surface area contributed by atoms with Crippen LogP contribution in [0.1, 0.15) is 5.56 Å². The Kier molecular flexibility index (Phi) is 5.55. The average Bonchev–Trinajstić information content (AvgIpc) is 2.16. The molecule has 92 valence electrons. The molecule has 1 aromatic carbocycles. The highest BCUT2D eigenvalue weighted by molar-refractivity contribution is 5.86. The van der Waals surface area contributed by atoms with Gasteiger partial charge in [0.2, 0.25) is 5.96 Å². The normalized spacial score (nSPS) is 9.71. The highest BCUT2D eigenvalue weighted by Crippen LogP contribution is 2.17. The number of halogens is 2. The molecule has 0 saturated heterocycles. The van der Waals surface area contributed by atoms with E-state index in [1.807, 2.05) is 0 Å². The van der Waals surface area contributed by atoms with Crippen LogP contribution in [0.3, 0.4) is 0 Å². The monoisotopic (exact) mass is 261 g/mol. The van der Waals surface area contributed by atoms with Crippen LogP contribution >= 0.6 is 12.4 Å². The second kappa shape index (κ2) is 6.38. The molecule has 0 aromatic heterocycles. The Labute approximate surface area is 102 Å².